The highest BCUT2D eigenvalue weighted by Crippen LogP contribution is 2.25. The van der Waals surface area contributed by atoms with E-state index in [1.807, 2.05) is 6.92 Å². The highest BCUT2D eigenvalue weighted by atomic mass is 16.5. The molecule has 0 spiro atoms. The molecule has 0 saturated carbocycles. The van der Waals surface area contributed by atoms with Crippen LogP contribution in [-0.4, -0.2) is 35.8 Å². The van der Waals surface area contributed by atoms with Gasteiger partial charge < -0.3 is 15.4 Å². The lowest BCUT2D eigenvalue weighted by Gasteiger charge is -2.18. The molecule has 2 N–H and O–H groups in total. The number of aromatic nitrogens is 2. The highest BCUT2D eigenvalue weighted by molar-refractivity contribution is 5.56. The van der Waals surface area contributed by atoms with Crippen molar-refractivity contribution < 1.29 is 4.74 Å². The largest absolute Gasteiger partial charge is 0.378 e. The Morgan fingerprint density at radius 1 is 1.26 bits per heavy atom. The van der Waals surface area contributed by atoms with Crippen LogP contribution in [0.4, 0.5) is 11.6 Å². The molecule has 0 radical (unpaired) electrons. The molecule has 5 nitrogen and oxygen atoms in total. The smallest absolute Gasteiger partial charge is 0.134 e. The summed E-state index contributed by atoms with van der Waals surface area (Å²) >= 11 is 0. The second-order valence-electron chi connectivity index (χ2n) is 4.97. The molecule has 19 heavy (non-hydrogen) atoms. The molecule has 0 amide bonds. The molecule has 1 aromatic rings. The van der Waals surface area contributed by atoms with Crippen LogP contribution in [0.3, 0.4) is 0 Å². The average Bonchev–Trinajstić information content (AvgIpc) is 2.87. The summed E-state index contributed by atoms with van der Waals surface area (Å²) in [5.41, 5.74) is 1.08. The Morgan fingerprint density at radius 2 is 2.00 bits per heavy atom. The Bertz CT molecular complexity index is 410. The second-order valence-corrected chi connectivity index (χ2v) is 4.97. The molecule has 5 heteroatoms. The van der Waals surface area contributed by atoms with Crippen LogP contribution in [0, 0.1) is 12.8 Å². The van der Waals surface area contributed by atoms with Crippen LogP contribution in [0.1, 0.15) is 32.3 Å². The van der Waals surface area contributed by atoms with Crippen molar-refractivity contribution in [1.29, 1.82) is 0 Å². The van der Waals surface area contributed by atoms with Crippen molar-refractivity contribution in [2.45, 2.75) is 39.7 Å². The summed E-state index contributed by atoms with van der Waals surface area (Å²) in [6.07, 6.45) is 4.21. The van der Waals surface area contributed by atoms with Gasteiger partial charge in [0.05, 0.1) is 6.10 Å². The summed E-state index contributed by atoms with van der Waals surface area (Å²) in [5, 5.41) is 6.70. The van der Waals surface area contributed by atoms with Crippen LogP contribution in [0.15, 0.2) is 6.33 Å². The maximum Gasteiger partial charge on any atom is 0.134 e. The number of nitrogens with one attached hydrogen (secondary N) is 2. The first-order valence-corrected chi connectivity index (χ1v) is 7.17. The minimum atomic E-state index is 0.392. The number of ether oxygens (including phenoxy) is 1. The molecule has 1 aromatic heterocycles. The first kappa shape index (κ1) is 14.1. The summed E-state index contributed by atoms with van der Waals surface area (Å²) in [4.78, 5) is 8.58. The number of hydrogen-bond acceptors (Lipinski definition) is 5. The van der Waals surface area contributed by atoms with E-state index in [0.717, 1.165) is 49.7 Å². The van der Waals surface area contributed by atoms with Gasteiger partial charge in [-0.3, -0.25) is 0 Å². The number of anilines is 2. The molecule has 2 atom stereocenters. The van der Waals surface area contributed by atoms with Gasteiger partial charge in [0.25, 0.3) is 0 Å². The molecule has 2 rings (SSSR count). The zero-order valence-corrected chi connectivity index (χ0v) is 12.1. The van der Waals surface area contributed by atoms with E-state index < -0.39 is 0 Å². The second kappa shape index (κ2) is 6.70. The van der Waals surface area contributed by atoms with Crippen molar-refractivity contribution in [2.24, 2.45) is 5.92 Å². The Morgan fingerprint density at radius 3 is 2.68 bits per heavy atom. The van der Waals surface area contributed by atoms with Crippen molar-refractivity contribution in [3.63, 3.8) is 0 Å². The summed E-state index contributed by atoms with van der Waals surface area (Å²) in [6, 6.07) is 0. The van der Waals surface area contributed by atoms with E-state index in [1.165, 1.54) is 0 Å². The third-order valence-electron chi connectivity index (χ3n) is 3.71. The predicted molar refractivity (Wildman–Crippen MR) is 77.6 cm³/mol. The molecule has 1 saturated heterocycles. The van der Waals surface area contributed by atoms with Gasteiger partial charge in [-0.2, -0.15) is 0 Å². The number of nitrogens with zero attached hydrogens (tertiary/aromatic N) is 2. The highest BCUT2D eigenvalue weighted by Gasteiger charge is 2.26. The molecule has 0 aliphatic carbocycles. The first-order valence-electron chi connectivity index (χ1n) is 7.17. The van der Waals surface area contributed by atoms with Crippen molar-refractivity contribution >= 4 is 11.6 Å². The minimum absolute atomic E-state index is 0.392. The molecular formula is C14H24N4O. The molecular weight excluding hydrogens is 240 g/mol. The van der Waals surface area contributed by atoms with E-state index in [4.69, 9.17) is 4.74 Å². The van der Waals surface area contributed by atoms with E-state index in [9.17, 15) is 0 Å². The van der Waals surface area contributed by atoms with Crippen molar-refractivity contribution in [2.75, 3.05) is 30.3 Å². The van der Waals surface area contributed by atoms with Crippen LogP contribution < -0.4 is 10.6 Å². The minimum Gasteiger partial charge on any atom is -0.378 e. The molecule has 0 aromatic carbocycles. The third-order valence-corrected chi connectivity index (χ3v) is 3.71. The summed E-state index contributed by atoms with van der Waals surface area (Å²) in [5.74, 6) is 2.42. The van der Waals surface area contributed by atoms with E-state index in [-0.39, 0.29) is 0 Å². The average molecular weight is 264 g/mol. The lowest BCUT2D eigenvalue weighted by atomic mass is 10.00. The van der Waals surface area contributed by atoms with Gasteiger partial charge in [0.15, 0.2) is 0 Å². The first-order chi connectivity index (χ1) is 9.26. The van der Waals surface area contributed by atoms with Crippen LogP contribution in [0.2, 0.25) is 0 Å². The summed E-state index contributed by atoms with van der Waals surface area (Å²) < 4.78 is 5.71. The summed E-state index contributed by atoms with van der Waals surface area (Å²) in [6.45, 7) is 8.96. The van der Waals surface area contributed by atoms with Gasteiger partial charge in [0.2, 0.25) is 0 Å². The fourth-order valence-electron chi connectivity index (χ4n) is 2.58. The molecule has 0 bridgehead atoms. The predicted octanol–water partition coefficient (Wildman–Crippen LogP) is 2.44. The number of rotatable bonds is 6. The zero-order chi connectivity index (χ0) is 13.7. The Labute approximate surface area is 115 Å². The number of hydrogen-bond donors (Lipinski definition) is 2. The van der Waals surface area contributed by atoms with Gasteiger partial charge in [-0.05, 0) is 26.7 Å². The fourth-order valence-corrected chi connectivity index (χ4v) is 2.58. The van der Waals surface area contributed by atoms with Crippen LogP contribution in [0.5, 0.6) is 0 Å². The molecule has 1 aliphatic rings. The lowest BCUT2D eigenvalue weighted by Crippen LogP contribution is -2.23. The Hall–Kier alpha value is -1.36. The topological polar surface area (TPSA) is 59.1 Å². The Kier molecular flexibility index (Phi) is 4.96. The molecule has 106 valence electrons. The van der Waals surface area contributed by atoms with Gasteiger partial charge in [-0.25, -0.2) is 9.97 Å². The molecule has 1 aliphatic heterocycles. The zero-order valence-electron chi connectivity index (χ0n) is 12.1. The van der Waals surface area contributed by atoms with Gasteiger partial charge >= 0.3 is 0 Å². The van der Waals surface area contributed by atoms with E-state index in [1.54, 1.807) is 6.33 Å². The quantitative estimate of drug-likeness (QED) is 0.826. The third kappa shape index (κ3) is 3.35. The normalized spacial score (nSPS) is 22.5. The van der Waals surface area contributed by atoms with Gasteiger partial charge in [0, 0.05) is 31.2 Å². The monoisotopic (exact) mass is 264 g/mol. The maximum absolute atomic E-state index is 5.71. The lowest BCUT2D eigenvalue weighted by molar-refractivity contribution is 0.0900. The van der Waals surface area contributed by atoms with Gasteiger partial charge in [-0.1, -0.05) is 6.92 Å². The van der Waals surface area contributed by atoms with Gasteiger partial charge in [0.1, 0.15) is 18.0 Å². The maximum atomic E-state index is 5.71. The fraction of sp³-hybridized carbons (Fsp3) is 0.714. The van der Waals surface area contributed by atoms with Crippen molar-refractivity contribution in [3.8, 4) is 0 Å². The van der Waals surface area contributed by atoms with E-state index in [0.29, 0.717) is 12.0 Å². The molecule has 2 heterocycles. The van der Waals surface area contributed by atoms with Crippen molar-refractivity contribution in [3.05, 3.63) is 11.9 Å². The van der Waals surface area contributed by atoms with Crippen LogP contribution in [-0.2, 0) is 4.74 Å². The van der Waals surface area contributed by atoms with Crippen LogP contribution >= 0.6 is 0 Å². The molecule has 1 fully saturated rings. The summed E-state index contributed by atoms with van der Waals surface area (Å²) in [7, 11) is 0. The Balaban J connectivity index is 1.97. The SMILES string of the molecule is CCNc1ncnc(NCC2CCOC2CC)c1C. The van der Waals surface area contributed by atoms with Crippen molar-refractivity contribution in [1.82, 2.24) is 9.97 Å². The van der Waals surface area contributed by atoms with E-state index in [2.05, 4.69) is 34.4 Å². The van der Waals surface area contributed by atoms with Crippen LogP contribution in [0.25, 0.3) is 0 Å². The van der Waals surface area contributed by atoms with Gasteiger partial charge in [-0.15, -0.1) is 0 Å². The molecule has 2 unspecified atom stereocenters. The standard InChI is InChI=1S/C14H24N4O/c1-4-12-11(6-7-19-12)8-16-14-10(3)13(15-5-2)17-9-18-14/h9,11-12H,4-8H2,1-3H3,(H2,15,16,17,18). The van der Waals surface area contributed by atoms with E-state index >= 15 is 0 Å².